The second kappa shape index (κ2) is 5.80. The van der Waals surface area contributed by atoms with Crippen LogP contribution in [0.25, 0.3) is 0 Å². The van der Waals surface area contributed by atoms with Gasteiger partial charge in [0.15, 0.2) is 0 Å². The van der Waals surface area contributed by atoms with E-state index in [2.05, 4.69) is 35.9 Å². The van der Waals surface area contributed by atoms with Crippen LogP contribution in [-0.2, 0) is 6.54 Å². The molecule has 1 aromatic heterocycles. The lowest BCUT2D eigenvalue weighted by molar-refractivity contribution is 0.290. The van der Waals surface area contributed by atoms with Gasteiger partial charge in [-0.1, -0.05) is 6.92 Å². The van der Waals surface area contributed by atoms with Crippen molar-refractivity contribution in [2.45, 2.75) is 39.3 Å². The Morgan fingerprint density at radius 3 is 3.12 bits per heavy atom. The summed E-state index contributed by atoms with van der Waals surface area (Å²) in [5.74, 6) is 0.811. The molecule has 1 aromatic rings. The van der Waals surface area contributed by atoms with Gasteiger partial charge in [0.05, 0.1) is 0 Å². The fourth-order valence-electron chi connectivity index (χ4n) is 2.31. The number of thiophene rings is 1. The van der Waals surface area contributed by atoms with E-state index in [1.807, 2.05) is 11.3 Å². The van der Waals surface area contributed by atoms with Crippen molar-refractivity contribution in [2.75, 3.05) is 13.1 Å². The van der Waals surface area contributed by atoms with E-state index in [1.54, 1.807) is 0 Å². The average Bonchev–Trinajstić information content (AvgIpc) is 2.67. The maximum absolute atomic E-state index is 3.60. The molecule has 16 heavy (non-hydrogen) atoms. The zero-order chi connectivity index (χ0) is 11.4. The molecule has 1 fully saturated rings. The summed E-state index contributed by atoms with van der Waals surface area (Å²) in [6, 6.07) is 2.86. The highest BCUT2D eigenvalue weighted by Crippen LogP contribution is 2.17. The van der Waals surface area contributed by atoms with Crippen molar-refractivity contribution in [1.82, 2.24) is 10.6 Å². The molecule has 0 radical (unpaired) electrons. The molecule has 0 amide bonds. The first-order valence-corrected chi connectivity index (χ1v) is 7.12. The summed E-state index contributed by atoms with van der Waals surface area (Å²) >= 11 is 1.85. The monoisotopic (exact) mass is 238 g/mol. The van der Waals surface area contributed by atoms with Gasteiger partial charge >= 0.3 is 0 Å². The normalized spacial score (nSPS) is 25.9. The van der Waals surface area contributed by atoms with Gasteiger partial charge in [-0.3, -0.25) is 0 Å². The molecule has 1 aliphatic rings. The summed E-state index contributed by atoms with van der Waals surface area (Å²) in [7, 11) is 0. The van der Waals surface area contributed by atoms with Crippen LogP contribution >= 0.6 is 11.3 Å². The van der Waals surface area contributed by atoms with Crippen LogP contribution in [-0.4, -0.2) is 19.1 Å². The summed E-state index contributed by atoms with van der Waals surface area (Å²) in [5, 5.41) is 9.36. The molecule has 2 atom stereocenters. The van der Waals surface area contributed by atoms with E-state index in [1.165, 1.54) is 29.8 Å². The minimum Gasteiger partial charge on any atom is -0.312 e. The second-order valence-electron chi connectivity index (χ2n) is 4.84. The summed E-state index contributed by atoms with van der Waals surface area (Å²) in [6.45, 7) is 7.85. The zero-order valence-corrected chi connectivity index (χ0v) is 11.1. The van der Waals surface area contributed by atoms with Gasteiger partial charge in [0.25, 0.3) is 0 Å². The third-order valence-electron chi connectivity index (χ3n) is 3.55. The second-order valence-corrected chi connectivity index (χ2v) is 5.84. The fourth-order valence-corrected chi connectivity index (χ4v) is 3.19. The maximum Gasteiger partial charge on any atom is 0.0303 e. The van der Waals surface area contributed by atoms with Crippen LogP contribution in [0.3, 0.4) is 0 Å². The lowest BCUT2D eigenvalue weighted by Crippen LogP contribution is -2.46. The Hall–Kier alpha value is -0.380. The van der Waals surface area contributed by atoms with Crippen LogP contribution in [0, 0.1) is 12.8 Å². The predicted octanol–water partition coefficient (Wildman–Crippen LogP) is 2.53. The molecule has 2 nitrogen and oxygen atoms in total. The van der Waals surface area contributed by atoms with E-state index in [9.17, 15) is 0 Å². The molecular weight excluding hydrogens is 216 g/mol. The van der Waals surface area contributed by atoms with E-state index in [0.717, 1.165) is 19.0 Å². The molecule has 0 spiro atoms. The van der Waals surface area contributed by atoms with Gasteiger partial charge in [0, 0.05) is 24.0 Å². The first kappa shape index (κ1) is 12.1. The zero-order valence-electron chi connectivity index (χ0n) is 10.3. The van der Waals surface area contributed by atoms with Crippen LogP contribution in [0.5, 0.6) is 0 Å². The van der Waals surface area contributed by atoms with E-state index in [-0.39, 0.29) is 0 Å². The van der Waals surface area contributed by atoms with Crippen molar-refractivity contribution in [3.8, 4) is 0 Å². The largest absolute Gasteiger partial charge is 0.312 e. The SMILES string of the molecule is Cc1ccsc1CNCC1NCCCC1C. The Kier molecular flexibility index (Phi) is 4.38. The first-order valence-electron chi connectivity index (χ1n) is 6.24. The summed E-state index contributed by atoms with van der Waals surface area (Å²) in [6.07, 6.45) is 2.71. The van der Waals surface area contributed by atoms with Gasteiger partial charge in [0.1, 0.15) is 0 Å². The Morgan fingerprint density at radius 1 is 1.56 bits per heavy atom. The van der Waals surface area contributed by atoms with Crippen LogP contribution in [0.2, 0.25) is 0 Å². The minimum atomic E-state index is 0.661. The molecule has 1 saturated heterocycles. The molecular formula is C13H22N2S. The molecule has 2 rings (SSSR count). The number of piperidine rings is 1. The molecule has 90 valence electrons. The third-order valence-corrected chi connectivity index (χ3v) is 4.57. The average molecular weight is 238 g/mol. The van der Waals surface area contributed by atoms with Crippen LogP contribution in [0.4, 0.5) is 0 Å². The van der Waals surface area contributed by atoms with Crippen molar-refractivity contribution in [3.63, 3.8) is 0 Å². The smallest absolute Gasteiger partial charge is 0.0303 e. The first-order chi connectivity index (χ1) is 7.77. The third kappa shape index (κ3) is 3.06. The number of hydrogen-bond acceptors (Lipinski definition) is 3. The number of hydrogen-bond donors (Lipinski definition) is 2. The van der Waals surface area contributed by atoms with E-state index in [4.69, 9.17) is 0 Å². The lowest BCUT2D eigenvalue weighted by atomic mass is 9.93. The quantitative estimate of drug-likeness (QED) is 0.842. The van der Waals surface area contributed by atoms with Crippen molar-refractivity contribution in [1.29, 1.82) is 0 Å². The maximum atomic E-state index is 3.60. The molecule has 1 aliphatic heterocycles. The molecule has 2 unspecified atom stereocenters. The molecule has 0 aliphatic carbocycles. The number of nitrogens with one attached hydrogen (secondary N) is 2. The highest BCUT2D eigenvalue weighted by molar-refractivity contribution is 7.10. The Morgan fingerprint density at radius 2 is 2.44 bits per heavy atom. The van der Waals surface area contributed by atoms with Gasteiger partial charge < -0.3 is 10.6 Å². The topological polar surface area (TPSA) is 24.1 Å². The molecule has 0 bridgehead atoms. The van der Waals surface area contributed by atoms with Crippen LogP contribution in [0.15, 0.2) is 11.4 Å². The van der Waals surface area contributed by atoms with Gasteiger partial charge in [-0.15, -0.1) is 11.3 Å². The summed E-state index contributed by atoms with van der Waals surface area (Å²) < 4.78 is 0. The summed E-state index contributed by atoms with van der Waals surface area (Å²) in [4.78, 5) is 1.48. The molecule has 2 heterocycles. The van der Waals surface area contributed by atoms with Crippen molar-refractivity contribution >= 4 is 11.3 Å². The minimum absolute atomic E-state index is 0.661. The van der Waals surface area contributed by atoms with Crippen LogP contribution in [0.1, 0.15) is 30.2 Å². The Balaban J connectivity index is 1.73. The highest BCUT2D eigenvalue weighted by Gasteiger charge is 2.19. The highest BCUT2D eigenvalue weighted by atomic mass is 32.1. The fraction of sp³-hybridized carbons (Fsp3) is 0.692. The molecule has 0 aromatic carbocycles. The molecule has 3 heteroatoms. The standard InChI is InChI=1S/C13H22N2S/c1-10-4-3-6-15-12(10)8-14-9-13-11(2)5-7-16-13/h5,7,10,12,14-15H,3-4,6,8-9H2,1-2H3. The number of rotatable bonds is 4. The lowest BCUT2D eigenvalue weighted by Gasteiger charge is -2.30. The van der Waals surface area contributed by atoms with Crippen molar-refractivity contribution in [3.05, 3.63) is 21.9 Å². The summed E-state index contributed by atoms with van der Waals surface area (Å²) in [5.41, 5.74) is 1.42. The molecule has 2 N–H and O–H groups in total. The van der Waals surface area contributed by atoms with E-state index < -0.39 is 0 Å². The Labute approximate surface area is 102 Å². The van der Waals surface area contributed by atoms with Gasteiger partial charge in [-0.05, 0) is 49.2 Å². The van der Waals surface area contributed by atoms with E-state index >= 15 is 0 Å². The van der Waals surface area contributed by atoms with Crippen LogP contribution < -0.4 is 10.6 Å². The Bertz CT molecular complexity index is 321. The molecule has 0 saturated carbocycles. The van der Waals surface area contributed by atoms with E-state index in [0.29, 0.717) is 6.04 Å². The number of aryl methyl sites for hydroxylation is 1. The van der Waals surface area contributed by atoms with Crippen molar-refractivity contribution < 1.29 is 0 Å². The van der Waals surface area contributed by atoms with Gasteiger partial charge in [-0.25, -0.2) is 0 Å². The van der Waals surface area contributed by atoms with Gasteiger partial charge in [-0.2, -0.15) is 0 Å². The van der Waals surface area contributed by atoms with Crippen molar-refractivity contribution in [2.24, 2.45) is 5.92 Å². The van der Waals surface area contributed by atoms with Gasteiger partial charge in [0.2, 0.25) is 0 Å². The predicted molar refractivity (Wildman–Crippen MR) is 71.0 cm³/mol.